The topological polar surface area (TPSA) is 59.9 Å². The fraction of sp³-hybridized carbons (Fsp3) is 0.125. The van der Waals surface area contributed by atoms with Crippen LogP contribution in [0.2, 0.25) is 0 Å². The van der Waals surface area contributed by atoms with E-state index in [2.05, 4.69) is 26.5 Å². The standard InChI is InChI=1S/C16H15BrN2O3/c1-21-15-8-3-2-5-12(15)10-18-19-16(20)11-22-14-7-4-6-13(17)9-14/h2-10H,11H2,1H3,(H,19,20)/b18-10+. The second kappa shape index (κ2) is 8.19. The minimum absolute atomic E-state index is 0.111. The van der Waals surface area contributed by atoms with Gasteiger partial charge in [0.05, 0.1) is 13.3 Å². The molecule has 0 fully saturated rings. The molecular formula is C16H15BrN2O3. The number of halogens is 1. The first-order valence-corrected chi connectivity index (χ1v) is 7.31. The van der Waals surface area contributed by atoms with Crippen molar-refractivity contribution in [3.8, 4) is 11.5 Å². The molecule has 0 saturated carbocycles. The first kappa shape index (κ1) is 16.0. The highest BCUT2D eigenvalue weighted by Gasteiger charge is 2.02. The van der Waals surface area contributed by atoms with Crippen molar-refractivity contribution < 1.29 is 14.3 Å². The fourth-order valence-electron chi connectivity index (χ4n) is 1.68. The van der Waals surface area contributed by atoms with Gasteiger partial charge in [0.25, 0.3) is 5.91 Å². The molecule has 0 aliphatic carbocycles. The Morgan fingerprint density at radius 2 is 2.09 bits per heavy atom. The summed E-state index contributed by atoms with van der Waals surface area (Å²) < 4.78 is 11.4. The molecule has 114 valence electrons. The average Bonchev–Trinajstić information content (AvgIpc) is 2.53. The SMILES string of the molecule is COc1ccccc1/C=N/NC(=O)COc1cccc(Br)c1. The molecule has 0 bridgehead atoms. The zero-order chi connectivity index (χ0) is 15.8. The Balaban J connectivity index is 1.83. The van der Waals surface area contributed by atoms with E-state index in [0.717, 1.165) is 10.0 Å². The molecule has 0 radical (unpaired) electrons. The Bertz CT molecular complexity index is 674. The summed E-state index contributed by atoms with van der Waals surface area (Å²) in [6.07, 6.45) is 1.52. The lowest BCUT2D eigenvalue weighted by atomic mass is 10.2. The van der Waals surface area contributed by atoms with Gasteiger partial charge >= 0.3 is 0 Å². The molecule has 0 saturated heterocycles. The number of ether oxygens (including phenoxy) is 2. The zero-order valence-corrected chi connectivity index (χ0v) is 13.5. The lowest BCUT2D eigenvalue weighted by molar-refractivity contribution is -0.123. The summed E-state index contributed by atoms with van der Waals surface area (Å²) in [5.74, 6) is 0.954. The van der Waals surface area contributed by atoms with Crippen molar-refractivity contribution in [1.29, 1.82) is 0 Å². The van der Waals surface area contributed by atoms with E-state index in [1.165, 1.54) is 6.21 Å². The highest BCUT2D eigenvalue weighted by molar-refractivity contribution is 9.10. The smallest absolute Gasteiger partial charge is 0.277 e. The maximum Gasteiger partial charge on any atom is 0.277 e. The number of amides is 1. The molecule has 2 aromatic carbocycles. The van der Waals surface area contributed by atoms with Gasteiger partial charge in [0.2, 0.25) is 0 Å². The second-order valence-electron chi connectivity index (χ2n) is 4.28. The van der Waals surface area contributed by atoms with Crippen molar-refractivity contribution in [2.24, 2.45) is 5.10 Å². The number of nitrogens with one attached hydrogen (secondary N) is 1. The summed E-state index contributed by atoms with van der Waals surface area (Å²) in [5, 5.41) is 3.89. The number of hydrazone groups is 1. The maximum absolute atomic E-state index is 11.7. The number of para-hydroxylation sites is 1. The van der Waals surface area contributed by atoms with Gasteiger partial charge in [0.1, 0.15) is 11.5 Å². The normalized spacial score (nSPS) is 10.5. The number of nitrogens with zero attached hydrogens (tertiary/aromatic N) is 1. The van der Waals surface area contributed by atoms with Gasteiger partial charge < -0.3 is 9.47 Å². The van der Waals surface area contributed by atoms with Crippen LogP contribution in [-0.2, 0) is 4.79 Å². The lowest BCUT2D eigenvalue weighted by Crippen LogP contribution is -2.24. The largest absolute Gasteiger partial charge is 0.496 e. The van der Waals surface area contributed by atoms with E-state index >= 15 is 0 Å². The number of carbonyl (C=O) groups excluding carboxylic acids is 1. The van der Waals surface area contributed by atoms with E-state index in [-0.39, 0.29) is 12.5 Å². The van der Waals surface area contributed by atoms with Gasteiger partial charge in [0.15, 0.2) is 6.61 Å². The molecule has 22 heavy (non-hydrogen) atoms. The van der Waals surface area contributed by atoms with Crippen molar-refractivity contribution in [1.82, 2.24) is 5.43 Å². The molecule has 0 aromatic heterocycles. The third kappa shape index (κ3) is 4.89. The molecule has 2 aromatic rings. The molecular weight excluding hydrogens is 348 g/mol. The van der Waals surface area contributed by atoms with E-state index in [9.17, 15) is 4.79 Å². The third-order valence-corrected chi connectivity index (χ3v) is 3.19. The molecule has 0 spiro atoms. The molecule has 1 amide bonds. The van der Waals surface area contributed by atoms with Gasteiger partial charge in [0, 0.05) is 10.0 Å². The Hall–Kier alpha value is -2.34. The monoisotopic (exact) mass is 362 g/mol. The summed E-state index contributed by atoms with van der Waals surface area (Å²) in [7, 11) is 1.58. The lowest BCUT2D eigenvalue weighted by Gasteiger charge is -2.05. The molecule has 0 atom stereocenters. The highest BCUT2D eigenvalue weighted by Crippen LogP contribution is 2.17. The van der Waals surface area contributed by atoms with E-state index in [1.54, 1.807) is 19.2 Å². The van der Waals surface area contributed by atoms with E-state index < -0.39 is 0 Å². The number of rotatable bonds is 6. The molecule has 5 nitrogen and oxygen atoms in total. The Kier molecular flexibility index (Phi) is 5.97. The second-order valence-corrected chi connectivity index (χ2v) is 5.20. The van der Waals surface area contributed by atoms with Crippen LogP contribution in [0, 0.1) is 0 Å². The van der Waals surface area contributed by atoms with Crippen LogP contribution in [0.25, 0.3) is 0 Å². The fourth-order valence-corrected chi connectivity index (χ4v) is 2.06. The third-order valence-electron chi connectivity index (χ3n) is 2.70. The van der Waals surface area contributed by atoms with Crippen LogP contribution < -0.4 is 14.9 Å². The average molecular weight is 363 g/mol. The molecule has 1 N–H and O–H groups in total. The molecule has 0 aliphatic rings. The first-order chi connectivity index (χ1) is 10.7. The summed E-state index contributed by atoms with van der Waals surface area (Å²) in [5.41, 5.74) is 3.18. The van der Waals surface area contributed by atoms with Gasteiger partial charge in [-0.05, 0) is 30.3 Å². The summed E-state index contributed by atoms with van der Waals surface area (Å²) in [6.45, 7) is -0.111. The summed E-state index contributed by atoms with van der Waals surface area (Å²) in [4.78, 5) is 11.7. The summed E-state index contributed by atoms with van der Waals surface area (Å²) >= 11 is 3.33. The van der Waals surface area contributed by atoms with Crippen LogP contribution in [0.15, 0.2) is 58.1 Å². The number of methoxy groups -OCH3 is 1. The van der Waals surface area contributed by atoms with Gasteiger partial charge in [-0.1, -0.05) is 34.1 Å². The van der Waals surface area contributed by atoms with Crippen LogP contribution in [0.1, 0.15) is 5.56 Å². The highest BCUT2D eigenvalue weighted by atomic mass is 79.9. The number of hydrogen-bond donors (Lipinski definition) is 1. The van der Waals surface area contributed by atoms with Gasteiger partial charge in [-0.2, -0.15) is 5.10 Å². The van der Waals surface area contributed by atoms with Crippen LogP contribution in [-0.4, -0.2) is 25.8 Å². The van der Waals surface area contributed by atoms with Gasteiger partial charge in [-0.25, -0.2) is 5.43 Å². The Labute approximate surface area is 137 Å². The van der Waals surface area contributed by atoms with Crippen LogP contribution in [0.4, 0.5) is 0 Å². The van der Waals surface area contributed by atoms with E-state index in [0.29, 0.717) is 11.5 Å². The van der Waals surface area contributed by atoms with Crippen LogP contribution >= 0.6 is 15.9 Å². The minimum atomic E-state index is -0.342. The summed E-state index contributed by atoms with van der Waals surface area (Å²) in [6, 6.07) is 14.7. The molecule has 0 heterocycles. The van der Waals surface area contributed by atoms with Crippen molar-refractivity contribution in [2.75, 3.05) is 13.7 Å². The predicted molar refractivity (Wildman–Crippen MR) is 88.4 cm³/mol. The van der Waals surface area contributed by atoms with Crippen molar-refractivity contribution in [2.45, 2.75) is 0 Å². The Morgan fingerprint density at radius 3 is 2.86 bits per heavy atom. The van der Waals surface area contributed by atoms with E-state index in [1.807, 2.05) is 36.4 Å². The van der Waals surface area contributed by atoms with Gasteiger partial charge in [-0.15, -0.1) is 0 Å². The number of hydrogen-bond acceptors (Lipinski definition) is 4. The van der Waals surface area contributed by atoms with Crippen LogP contribution in [0.5, 0.6) is 11.5 Å². The quantitative estimate of drug-likeness (QED) is 0.634. The van der Waals surface area contributed by atoms with Gasteiger partial charge in [-0.3, -0.25) is 4.79 Å². The maximum atomic E-state index is 11.7. The van der Waals surface area contributed by atoms with Crippen molar-refractivity contribution in [3.05, 3.63) is 58.6 Å². The van der Waals surface area contributed by atoms with Crippen LogP contribution in [0.3, 0.4) is 0 Å². The van der Waals surface area contributed by atoms with Crippen molar-refractivity contribution in [3.63, 3.8) is 0 Å². The molecule has 0 unspecified atom stereocenters. The molecule has 2 rings (SSSR count). The Morgan fingerprint density at radius 1 is 1.27 bits per heavy atom. The molecule has 0 aliphatic heterocycles. The predicted octanol–water partition coefficient (Wildman–Crippen LogP) is 2.99. The number of carbonyl (C=O) groups is 1. The first-order valence-electron chi connectivity index (χ1n) is 6.52. The number of benzene rings is 2. The van der Waals surface area contributed by atoms with Crippen molar-refractivity contribution >= 4 is 28.1 Å². The molecule has 6 heteroatoms. The van der Waals surface area contributed by atoms with E-state index in [4.69, 9.17) is 9.47 Å². The minimum Gasteiger partial charge on any atom is -0.496 e. The zero-order valence-electron chi connectivity index (χ0n) is 12.0.